The summed E-state index contributed by atoms with van der Waals surface area (Å²) in [4.78, 5) is 29.4. The number of carbonyl (C=O) groups excluding carboxylic acids is 2. The zero-order chi connectivity index (χ0) is 30.3. The minimum absolute atomic E-state index is 0.00128. The van der Waals surface area contributed by atoms with Crippen LogP contribution in [0.5, 0.6) is 0 Å². The molecule has 0 saturated heterocycles. The molecule has 1 atom stereocenters. The summed E-state index contributed by atoms with van der Waals surface area (Å²) in [5.41, 5.74) is 1.91. The molecule has 10 heteroatoms. The maximum Gasteiger partial charge on any atom is 0.264 e. The van der Waals surface area contributed by atoms with Crippen LogP contribution in [-0.2, 0) is 26.2 Å². The van der Waals surface area contributed by atoms with Crippen LogP contribution in [0, 0.1) is 6.92 Å². The molecule has 3 aromatic rings. The van der Waals surface area contributed by atoms with Gasteiger partial charge in [0.2, 0.25) is 11.8 Å². The zero-order valence-corrected chi connectivity index (χ0v) is 26.3. The third-order valence-corrected chi connectivity index (χ3v) is 10.1. The highest BCUT2D eigenvalue weighted by molar-refractivity contribution is 7.92. The maximum atomic E-state index is 14.3. The van der Waals surface area contributed by atoms with Crippen molar-refractivity contribution in [1.29, 1.82) is 0 Å². The minimum atomic E-state index is -4.24. The molecule has 42 heavy (non-hydrogen) atoms. The van der Waals surface area contributed by atoms with Gasteiger partial charge >= 0.3 is 0 Å². The fourth-order valence-corrected chi connectivity index (χ4v) is 7.23. The molecule has 1 unspecified atom stereocenters. The van der Waals surface area contributed by atoms with Crippen LogP contribution < -0.4 is 9.62 Å². The lowest BCUT2D eigenvalue weighted by molar-refractivity contribution is -0.140. The van der Waals surface area contributed by atoms with Crippen LogP contribution in [0.4, 0.5) is 5.69 Å². The van der Waals surface area contributed by atoms with Gasteiger partial charge in [-0.2, -0.15) is 0 Å². The first-order valence-corrected chi connectivity index (χ1v) is 16.5. The van der Waals surface area contributed by atoms with Gasteiger partial charge in [0.15, 0.2) is 0 Å². The average molecular weight is 631 g/mol. The van der Waals surface area contributed by atoms with E-state index in [2.05, 4.69) is 5.32 Å². The number of halogens is 2. The van der Waals surface area contributed by atoms with Gasteiger partial charge in [-0.3, -0.25) is 13.9 Å². The van der Waals surface area contributed by atoms with Crippen molar-refractivity contribution >= 4 is 50.7 Å². The van der Waals surface area contributed by atoms with Crippen molar-refractivity contribution in [2.24, 2.45) is 0 Å². The van der Waals surface area contributed by atoms with Crippen LogP contribution in [-0.4, -0.2) is 43.8 Å². The predicted molar refractivity (Wildman–Crippen MR) is 168 cm³/mol. The molecule has 0 radical (unpaired) electrons. The molecule has 1 N–H and O–H groups in total. The molecule has 4 rings (SSSR count). The van der Waals surface area contributed by atoms with Gasteiger partial charge in [0, 0.05) is 17.6 Å². The molecule has 0 bridgehead atoms. The van der Waals surface area contributed by atoms with Crippen molar-refractivity contribution in [3.63, 3.8) is 0 Å². The highest BCUT2D eigenvalue weighted by Gasteiger charge is 2.35. The van der Waals surface area contributed by atoms with Gasteiger partial charge in [-0.25, -0.2) is 8.42 Å². The van der Waals surface area contributed by atoms with Crippen LogP contribution in [0.2, 0.25) is 10.0 Å². The van der Waals surface area contributed by atoms with Crippen LogP contribution in [0.3, 0.4) is 0 Å². The Kier molecular flexibility index (Phi) is 10.9. The monoisotopic (exact) mass is 629 g/mol. The number of sulfonamides is 1. The molecule has 224 valence electrons. The van der Waals surface area contributed by atoms with Crippen molar-refractivity contribution in [2.75, 3.05) is 10.8 Å². The molecule has 0 spiro atoms. The Morgan fingerprint density at radius 2 is 1.62 bits per heavy atom. The molecule has 7 nitrogen and oxygen atoms in total. The van der Waals surface area contributed by atoms with E-state index in [1.54, 1.807) is 24.3 Å². The summed E-state index contributed by atoms with van der Waals surface area (Å²) in [6.07, 6.45) is 5.44. The highest BCUT2D eigenvalue weighted by Crippen LogP contribution is 2.33. The Labute approximate surface area is 258 Å². The Morgan fingerprint density at radius 1 is 0.952 bits per heavy atom. The Hall–Kier alpha value is -3.07. The lowest BCUT2D eigenvalue weighted by Gasteiger charge is -2.35. The van der Waals surface area contributed by atoms with Crippen molar-refractivity contribution in [1.82, 2.24) is 10.2 Å². The lowest BCUT2D eigenvalue weighted by atomic mass is 9.95. The Morgan fingerprint density at radius 3 is 2.29 bits per heavy atom. The number of nitrogens with one attached hydrogen (secondary N) is 1. The molecule has 0 aliphatic heterocycles. The number of carbonyl (C=O) groups is 2. The van der Waals surface area contributed by atoms with E-state index in [9.17, 15) is 18.0 Å². The summed E-state index contributed by atoms with van der Waals surface area (Å²) >= 11 is 12.8. The zero-order valence-electron chi connectivity index (χ0n) is 23.9. The smallest absolute Gasteiger partial charge is 0.264 e. The van der Waals surface area contributed by atoms with Crippen LogP contribution in [0.1, 0.15) is 56.6 Å². The number of amides is 2. The van der Waals surface area contributed by atoms with Crippen LogP contribution in [0.15, 0.2) is 77.7 Å². The summed E-state index contributed by atoms with van der Waals surface area (Å²) in [7, 11) is -4.24. The lowest BCUT2D eigenvalue weighted by Crippen LogP contribution is -2.54. The third-order valence-electron chi connectivity index (χ3n) is 7.73. The standard InChI is InChI=1S/C32H37Cl2N3O4S/c1-3-29(32(39)35-26-14-6-4-7-15-26)36(21-24-13-11-10-12-23(24)2)31(38)22-37(30-20-25(33)18-19-28(30)34)42(40,41)27-16-8-5-9-17-27/h5,8-13,16-20,26,29H,3-4,6-7,14-15,21-22H2,1-2H3,(H,35,39). The summed E-state index contributed by atoms with van der Waals surface area (Å²) in [5.74, 6) is -0.760. The van der Waals surface area contributed by atoms with Crippen molar-refractivity contribution < 1.29 is 18.0 Å². The van der Waals surface area contributed by atoms with E-state index in [1.807, 2.05) is 38.1 Å². The fraction of sp³-hybridized carbons (Fsp3) is 0.375. The SMILES string of the molecule is CCC(C(=O)NC1CCCCC1)N(Cc1ccccc1C)C(=O)CN(c1cc(Cl)ccc1Cl)S(=O)(=O)c1ccccc1. The van der Waals surface area contributed by atoms with E-state index in [1.165, 1.54) is 29.2 Å². The Bertz CT molecular complexity index is 1490. The molecule has 0 aromatic heterocycles. The van der Waals surface area contributed by atoms with E-state index in [4.69, 9.17) is 23.2 Å². The summed E-state index contributed by atoms with van der Waals surface area (Å²) in [5, 5.41) is 3.55. The fourth-order valence-electron chi connectivity index (χ4n) is 5.34. The minimum Gasteiger partial charge on any atom is -0.352 e. The van der Waals surface area contributed by atoms with Crippen molar-refractivity contribution in [3.8, 4) is 0 Å². The normalized spacial score (nSPS) is 14.7. The third kappa shape index (κ3) is 7.65. The molecule has 0 heterocycles. The van der Waals surface area contributed by atoms with E-state index in [0.717, 1.165) is 47.5 Å². The molecular weight excluding hydrogens is 593 g/mol. The quantitative estimate of drug-likeness (QED) is 0.254. The van der Waals surface area contributed by atoms with Gasteiger partial charge in [-0.05, 0) is 67.6 Å². The van der Waals surface area contributed by atoms with Gasteiger partial charge in [0.05, 0.1) is 15.6 Å². The molecule has 3 aromatic carbocycles. The first-order valence-electron chi connectivity index (χ1n) is 14.3. The number of hydrogen-bond acceptors (Lipinski definition) is 4. The topological polar surface area (TPSA) is 86.8 Å². The largest absolute Gasteiger partial charge is 0.352 e. The van der Waals surface area contributed by atoms with Crippen molar-refractivity contribution in [3.05, 3.63) is 94.0 Å². The van der Waals surface area contributed by atoms with E-state index < -0.39 is 28.5 Å². The van der Waals surface area contributed by atoms with E-state index >= 15 is 0 Å². The second-order valence-corrected chi connectivity index (χ2v) is 13.3. The number of anilines is 1. The second-order valence-electron chi connectivity index (χ2n) is 10.6. The van der Waals surface area contributed by atoms with E-state index in [0.29, 0.717) is 6.42 Å². The van der Waals surface area contributed by atoms with Gasteiger partial charge in [0.25, 0.3) is 10.0 Å². The number of hydrogen-bond donors (Lipinski definition) is 1. The van der Waals surface area contributed by atoms with E-state index in [-0.39, 0.29) is 39.1 Å². The van der Waals surface area contributed by atoms with Crippen LogP contribution in [0.25, 0.3) is 0 Å². The molecule has 1 fully saturated rings. The van der Waals surface area contributed by atoms with Gasteiger partial charge in [-0.1, -0.05) is 91.9 Å². The average Bonchev–Trinajstić information content (AvgIpc) is 2.99. The van der Waals surface area contributed by atoms with Crippen LogP contribution >= 0.6 is 23.2 Å². The predicted octanol–water partition coefficient (Wildman–Crippen LogP) is 6.75. The first kappa shape index (κ1) is 31.9. The van der Waals surface area contributed by atoms with Gasteiger partial charge in [0.1, 0.15) is 12.6 Å². The second kappa shape index (κ2) is 14.4. The van der Waals surface area contributed by atoms with Crippen molar-refractivity contribution in [2.45, 2.75) is 75.9 Å². The summed E-state index contributed by atoms with van der Waals surface area (Å²) in [6, 6.07) is 19.2. The number of nitrogens with zero attached hydrogens (tertiary/aromatic N) is 2. The highest BCUT2D eigenvalue weighted by atomic mass is 35.5. The maximum absolute atomic E-state index is 14.3. The summed E-state index contributed by atoms with van der Waals surface area (Å²) < 4.78 is 28.9. The first-order chi connectivity index (χ1) is 20.1. The number of aryl methyl sites for hydroxylation is 1. The molecule has 2 amide bonds. The molecular formula is C32H37Cl2N3O4S. The Balaban J connectivity index is 1.74. The summed E-state index contributed by atoms with van der Waals surface area (Å²) in [6.45, 7) is 3.37. The van der Waals surface area contributed by atoms with Gasteiger partial charge < -0.3 is 10.2 Å². The molecule has 1 saturated carbocycles. The number of rotatable bonds is 11. The molecule has 1 aliphatic rings. The molecule has 1 aliphatic carbocycles. The number of benzene rings is 3. The van der Waals surface area contributed by atoms with Gasteiger partial charge in [-0.15, -0.1) is 0 Å².